The largest absolute Gasteiger partial charge is 0.329 e. The second-order valence-electron chi connectivity index (χ2n) is 3.13. The molecule has 1 aromatic carbocycles. The first-order valence-corrected chi connectivity index (χ1v) is 5.33. The lowest BCUT2D eigenvalue weighted by molar-refractivity contribution is 0.533. The molecule has 0 bridgehead atoms. The molecule has 1 aromatic rings. The van der Waals surface area contributed by atoms with Crippen LogP contribution in [0.2, 0.25) is 0 Å². The molecule has 3 N–H and O–H groups in total. The zero-order chi connectivity index (χ0) is 10.6. The van der Waals surface area contributed by atoms with Gasteiger partial charge in [0, 0.05) is 29.2 Å². The van der Waals surface area contributed by atoms with Crippen LogP contribution in [-0.2, 0) is 0 Å². The first-order chi connectivity index (χ1) is 6.65. The molecule has 0 heterocycles. The Labute approximate surface area is 91.8 Å². The molecule has 1 unspecified atom stereocenters. The summed E-state index contributed by atoms with van der Waals surface area (Å²) in [5.41, 5.74) is 6.02. The summed E-state index contributed by atoms with van der Waals surface area (Å²) in [5.74, 6) is -0.198. The van der Waals surface area contributed by atoms with Crippen molar-refractivity contribution in [1.82, 2.24) is 5.32 Å². The van der Waals surface area contributed by atoms with Gasteiger partial charge in [-0.2, -0.15) is 0 Å². The van der Waals surface area contributed by atoms with Crippen molar-refractivity contribution < 1.29 is 4.39 Å². The van der Waals surface area contributed by atoms with Crippen molar-refractivity contribution in [3.05, 3.63) is 34.1 Å². The van der Waals surface area contributed by atoms with E-state index in [4.69, 9.17) is 5.73 Å². The Balaban J connectivity index is 2.74. The highest BCUT2D eigenvalue weighted by Crippen LogP contribution is 2.20. The molecule has 0 spiro atoms. The van der Waals surface area contributed by atoms with Gasteiger partial charge in [0.15, 0.2) is 0 Å². The molecule has 0 aliphatic rings. The standard InChI is InChI=1S/C10H14BrFN2/c1-7(14-5-4-13)9-3-2-8(11)6-10(9)12/h2-3,6-7,14H,4-5,13H2,1H3. The second kappa shape index (κ2) is 5.44. The Morgan fingerprint density at radius 2 is 2.29 bits per heavy atom. The zero-order valence-electron chi connectivity index (χ0n) is 8.06. The minimum atomic E-state index is -0.198. The summed E-state index contributed by atoms with van der Waals surface area (Å²) in [7, 11) is 0. The van der Waals surface area contributed by atoms with Gasteiger partial charge in [0.05, 0.1) is 0 Å². The molecule has 0 saturated heterocycles. The van der Waals surface area contributed by atoms with E-state index in [0.717, 1.165) is 4.47 Å². The predicted octanol–water partition coefficient (Wildman–Crippen LogP) is 2.20. The van der Waals surface area contributed by atoms with E-state index in [0.29, 0.717) is 18.7 Å². The highest BCUT2D eigenvalue weighted by Gasteiger charge is 2.09. The fraction of sp³-hybridized carbons (Fsp3) is 0.400. The number of nitrogens with two attached hydrogens (primary N) is 1. The average Bonchev–Trinajstić information content (AvgIpc) is 2.14. The quantitative estimate of drug-likeness (QED) is 0.872. The van der Waals surface area contributed by atoms with Crippen LogP contribution in [0.25, 0.3) is 0 Å². The van der Waals surface area contributed by atoms with E-state index in [2.05, 4.69) is 21.2 Å². The van der Waals surface area contributed by atoms with E-state index in [1.807, 2.05) is 13.0 Å². The number of hydrogen-bond acceptors (Lipinski definition) is 2. The molecular weight excluding hydrogens is 247 g/mol. The fourth-order valence-electron chi connectivity index (χ4n) is 1.26. The molecule has 0 fully saturated rings. The maximum absolute atomic E-state index is 13.4. The topological polar surface area (TPSA) is 38.0 Å². The monoisotopic (exact) mass is 260 g/mol. The summed E-state index contributed by atoms with van der Waals surface area (Å²) in [5, 5.41) is 3.13. The van der Waals surface area contributed by atoms with E-state index in [1.165, 1.54) is 6.07 Å². The van der Waals surface area contributed by atoms with E-state index >= 15 is 0 Å². The molecule has 1 atom stereocenters. The Bertz CT molecular complexity index is 304. The van der Waals surface area contributed by atoms with Crippen LogP contribution >= 0.6 is 15.9 Å². The summed E-state index contributed by atoms with van der Waals surface area (Å²) in [6, 6.07) is 5.06. The zero-order valence-corrected chi connectivity index (χ0v) is 9.64. The van der Waals surface area contributed by atoms with Gasteiger partial charge >= 0.3 is 0 Å². The molecule has 14 heavy (non-hydrogen) atoms. The van der Waals surface area contributed by atoms with E-state index in [9.17, 15) is 4.39 Å². The van der Waals surface area contributed by atoms with Gasteiger partial charge in [0.25, 0.3) is 0 Å². The van der Waals surface area contributed by atoms with Crippen molar-refractivity contribution >= 4 is 15.9 Å². The van der Waals surface area contributed by atoms with Crippen LogP contribution < -0.4 is 11.1 Å². The number of halogens is 2. The smallest absolute Gasteiger partial charge is 0.129 e. The van der Waals surface area contributed by atoms with Crippen LogP contribution in [-0.4, -0.2) is 13.1 Å². The minimum absolute atomic E-state index is 0.00773. The Morgan fingerprint density at radius 3 is 2.86 bits per heavy atom. The van der Waals surface area contributed by atoms with Gasteiger partial charge in [-0.25, -0.2) is 4.39 Å². The van der Waals surface area contributed by atoms with Crippen LogP contribution in [0, 0.1) is 5.82 Å². The molecule has 2 nitrogen and oxygen atoms in total. The van der Waals surface area contributed by atoms with Gasteiger partial charge in [-0.3, -0.25) is 0 Å². The molecular formula is C10H14BrFN2. The van der Waals surface area contributed by atoms with Crippen LogP contribution in [0.5, 0.6) is 0 Å². The molecule has 0 aliphatic heterocycles. The SMILES string of the molecule is CC(NCCN)c1ccc(Br)cc1F. The van der Waals surface area contributed by atoms with Gasteiger partial charge in [0.1, 0.15) is 5.82 Å². The number of nitrogens with one attached hydrogen (secondary N) is 1. The highest BCUT2D eigenvalue weighted by molar-refractivity contribution is 9.10. The first kappa shape index (κ1) is 11.6. The van der Waals surface area contributed by atoms with Gasteiger partial charge in [-0.05, 0) is 19.1 Å². The van der Waals surface area contributed by atoms with Gasteiger partial charge in [0.2, 0.25) is 0 Å². The molecule has 4 heteroatoms. The normalized spacial score (nSPS) is 12.9. The van der Waals surface area contributed by atoms with Gasteiger partial charge in [-0.15, -0.1) is 0 Å². The summed E-state index contributed by atoms with van der Waals surface area (Å²) < 4.78 is 14.2. The minimum Gasteiger partial charge on any atom is -0.329 e. The molecule has 0 aliphatic carbocycles. The van der Waals surface area contributed by atoms with Crippen LogP contribution in [0.4, 0.5) is 4.39 Å². The Kier molecular flexibility index (Phi) is 4.51. The van der Waals surface area contributed by atoms with Crippen molar-refractivity contribution in [2.45, 2.75) is 13.0 Å². The summed E-state index contributed by atoms with van der Waals surface area (Å²) in [6.45, 7) is 3.17. The first-order valence-electron chi connectivity index (χ1n) is 4.53. The van der Waals surface area contributed by atoms with Crippen molar-refractivity contribution in [2.24, 2.45) is 5.73 Å². The van der Waals surface area contributed by atoms with Crippen molar-refractivity contribution in [3.63, 3.8) is 0 Å². The molecule has 1 rings (SSSR count). The van der Waals surface area contributed by atoms with Gasteiger partial charge < -0.3 is 11.1 Å². The van der Waals surface area contributed by atoms with Crippen molar-refractivity contribution in [1.29, 1.82) is 0 Å². The molecule has 0 amide bonds. The summed E-state index contributed by atoms with van der Waals surface area (Å²) in [4.78, 5) is 0. The number of hydrogen-bond donors (Lipinski definition) is 2. The predicted molar refractivity (Wildman–Crippen MR) is 59.6 cm³/mol. The summed E-state index contributed by atoms with van der Waals surface area (Å²) in [6.07, 6.45) is 0. The van der Waals surface area contributed by atoms with Crippen LogP contribution in [0.15, 0.2) is 22.7 Å². The molecule has 0 aromatic heterocycles. The van der Waals surface area contributed by atoms with E-state index in [-0.39, 0.29) is 11.9 Å². The summed E-state index contributed by atoms with van der Waals surface area (Å²) >= 11 is 3.22. The Hall–Kier alpha value is -0.450. The second-order valence-corrected chi connectivity index (χ2v) is 4.05. The third-order valence-electron chi connectivity index (χ3n) is 2.02. The third kappa shape index (κ3) is 3.04. The van der Waals surface area contributed by atoms with E-state index in [1.54, 1.807) is 6.07 Å². The maximum Gasteiger partial charge on any atom is 0.129 e. The van der Waals surface area contributed by atoms with Crippen molar-refractivity contribution in [2.75, 3.05) is 13.1 Å². The molecule has 0 saturated carbocycles. The van der Waals surface area contributed by atoms with Crippen LogP contribution in [0.1, 0.15) is 18.5 Å². The van der Waals surface area contributed by atoms with Crippen molar-refractivity contribution in [3.8, 4) is 0 Å². The lowest BCUT2D eigenvalue weighted by atomic mass is 10.1. The van der Waals surface area contributed by atoms with Crippen LogP contribution in [0.3, 0.4) is 0 Å². The number of rotatable bonds is 4. The maximum atomic E-state index is 13.4. The van der Waals surface area contributed by atoms with E-state index < -0.39 is 0 Å². The lowest BCUT2D eigenvalue weighted by Gasteiger charge is -2.14. The fourth-order valence-corrected chi connectivity index (χ4v) is 1.60. The molecule has 78 valence electrons. The average molecular weight is 261 g/mol. The molecule has 0 radical (unpaired) electrons. The number of benzene rings is 1. The third-order valence-corrected chi connectivity index (χ3v) is 2.52. The van der Waals surface area contributed by atoms with Gasteiger partial charge in [-0.1, -0.05) is 22.0 Å². The Morgan fingerprint density at radius 1 is 1.57 bits per heavy atom. The lowest BCUT2D eigenvalue weighted by Crippen LogP contribution is -2.25. The highest BCUT2D eigenvalue weighted by atomic mass is 79.9.